The Bertz CT molecular complexity index is 791. The lowest BCUT2D eigenvalue weighted by Crippen LogP contribution is -2.08. The number of hydrogen-bond donors (Lipinski definition) is 1. The van der Waals surface area contributed by atoms with Crippen LogP contribution in [0.3, 0.4) is 0 Å². The Kier molecular flexibility index (Phi) is 2.41. The highest BCUT2D eigenvalue weighted by Gasteiger charge is 2.12. The van der Waals surface area contributed by atoms with Gasteiger partial charge in [-0.15, -0.1) is 0 Å². The van der Waals surface area contributed by atoms with Gasteiger partial charge in [0.1, 0.15) is 5.56 Å². The fraction of sp³-hybridized carbons (Fsp3) is 0.0833. The molecule has 0 radical (unpaired) electrons. The lowest BCUT2D eigenvalue weighted by Gasteiger charge is -2.00. The van der Waals surface area contributed by atoms with E-state index in [0.717, 1.165) is 5.39 Å². The molecule has 90 valence electrons. The first-order valence-electron chi connectivity index (χ1n) is 5.27. The van der Waals surface area contributed by atoms with Gasteiger partial charge in [-0.1, -0.05) is 16.8 Å². The van der Waals surface area contributed by atoms with Crippen molar-refractivity contribution in [2.24, 2.45) is 0 Å². The Hall–Kier alpha value is -2.14. The van der Waals surface area contributed by atoms with Crippen LogP contribution in [0.1, 0.15) is 5.82 Å². The monoisotopic (exact) mass is 261 g/mol. The molecule has 0 fully saturated rings. The molecule has 0 spiro atoms. The molecule has 1 N–H and O–H groups in total. The quantitative estimate of drug-likeness (QED) is 0.731. The zero-order valence-corrected chi connectivity index (χ0v) is 10.2. The molecule has 6 heteroatoms. The highest BCUT2D eigenvalue weighted by Crippen LogP contribution is 2.21. The van der Waals surface area contributed by atoms with E-state index in [9.17, 15) is 4.79 Å². The number of fused-ring (bicyclic) bond motifs is 1. The fourth-order valence-electron chi connectivity index (χ4n) is 1.74. The van der Waals surface area contributed by atoms with Gasteiger partial charge < -0.3 is 9.51 Å². The van der Waals surface area contributed by atoms with Gasteiger partial charge >= 0.3 is 0 Å². The number of pyridine rings is 1. The van der Waals surface area contributed by atoms with Gasteiger partial charge in [-0.25, -0.2) is 0 Å². The van der Waals surface area contributed by atoms with Crippen LogP contribution in [-0.2, 0) is 0 Å². The lowest BCUT2D eigenvalue weighted by molar-refractivity contribution is 0.425. The molecule has 0 bridgehead atoms. The van der Waals surface area contributed by atoms with Crippen LogP contribution in [0.2, 0.25) is 5.02 Å². The van der Waals surface area contributed by atoms with Crippen LogP contribution in [0.4, 0.5) is 0 Å². The summed E-state index contributed by atoms with van der Waals surface area (Å²) in [4.78, 5) is 18.7. The molecule has 0 amide bonds. The van der Waals surface area contributed by atoms with Crippen LogP contribution in [0.15, 0.2) is 33.6 Å². The smallest absolute Gasteiger partial charge is 0.263 e. The van der Waals surface area contributed by atoms with Gasteiger partial charge in [0, 0.05) is 15.9 Å². The summed E-state index contributed by atoms with van der Waals surface area (Å²) in [6, 6.07) is 6.92. The molecule has 3 rings (SSSR count). The van der Waals surface area contributed by atoms with Crippen molar-refractivity contribution in [3.8, 4) is 11.5 Å². The predicted octanol–water partition coefficient (Wildman–Crippen LogP) is 2.54. The minimum Gasteiger partial charge on any atom is -0.334 e. The van der Waals surface area contributed by atoms with E-state index in [0.29, 0.717) is 21.9 Å². The van der Waals surface area contributed by atoms with Crippen LogP contribution in [0.25, 0.3) is 22.4 Å². The molecule has 5 nitrogen and oxygen atoms in total. The predicted molar refractivity (Wildman–Crippen MR) is 67.6 cm³/mol. The summed E-state index contributed by atoms with van der Waals surface area (Å²) in [7, 11) is 0. The summed E-state index contributed by atoms with van der Waals surface area (Å²) in [5, 5.41) is 5.08. The maximum Gasteiger partial charge on any atom is 0.263 e. The molecule has 0 aliphatic heterocycles. The SMILES string of the molecule is Cc1noc(-c2cc3cc(Cl)ccc3[nH]c2=O)n1. The second-order valence-corrected chi connectivity index (χ2v) is 4.33. The third kappa shape index (κ3) is 1.78. The summed E-state index contributed by atoms with van der Waals surface area (Å²) in [5.74, 6) is 0.686. The number of nitrogens with one attached hydrogen (secondary N) is 1. The van der Waals surface area contributed by atoms with Crippen molar-refractivity contribution in [1.82, 2.24) is 15.1 Å². The number of aromatic nitrogens is 3. The topological polar surface area (TPSA) is 71.8 Å². The van der Waals surface area contributed by atoms with Crippen molar-refractivity contribution in [3.63, 3.8) is 0 Å². The number of nitrogens with zero attached hydrogens (tertiary/aromatic N) is 2. The number of H-pyrrole nitrogens is 1. The van der Waals surface area contributed by atoms with Crippen LogP contribution in [0, 0.1) is 6.92 Å². The first kappa shape index (κ1) is 11.0. The number of benzene rings is 1. The highest BCUT2D eigenvalue weighted by molar-refractivity contribution is 6.31. The number of rotatable bonds is 1. The minimum absolute atomic E-state index is 0.204. The number of aromatic amines is 1. The average molecular weight is 262 g/mol. The molecule has 0 saturated carbocycles. The molecule has 0 aliphatic carbocycles. The molecular formula is C12H8ClN3O2. The van der Waals surface area contributed by atoms with E-state index in [4.69, 9.17) is 16.1 Å². The van der Waals surface area contributed by atoms with Crippen molar-refractivity contribution in [2.75, 3.05) is 0 Å². The third-order valence-electron chi connectivity index (χ3n) is 2.56. The molecule has 0 saturated heterocycles. The van der Waals surface area contributed by atoms with Gasteiger partial charge in [0.05, 0.1) is 0 Å². The van der Waals surface area contributed by atoms with Crippen molar-refractivity contribution in [2.45, 2.75) is 6.92 Å². The number of halogens is 1. The van der Waals surface area contributed by atoms with Gasteiger partial charge in [0.25, 0.3) is 11.4 Å². The Balaban J connectivity index is 2.29. The summed E-state index contributed by atoms with van der Waals surface area (Å²) in [6.45, 7) is 1.69. The van der Waals surface area contributed by atoms with Crippen molar-refractivity contribution in [3.05, 3.63) is 45.5 Å². The fourth-order valence-corrected chi connectivity index (χ4v) is 1.92. The van der Waals surface area contributed by atoms with Gasteiger partial charge in [-0.2, -0.15) is 4.98 Å². The van der Waals surface area contributed by atoms with Crippen molar-refractivity contribution >= 4 is 22.5 Å². The Morgan fingerprint density at radius 2 is 2.17 bits per heavy atom. The van der Waals surface area contributed by atoms with Crippen molar-refractivity contribution in [1.29, 1.82) is 0 Å². The average Bonchev–Trinajstić information content (AvgIpc) is 2.75. The molecule has 2 aromatic heterocycles. The van der Waals surface area contributed by atoms with Crippen LogP contribution in [0.5, 0.6) is 0 Å². The zero-order chi connectivity index (χ0) is 12.7. The molecule has 0 aliphatic rings. The van der Waals surface area contributed by atoms with E-state index < -0.39 is 0 Å². The summed E-state index contributed by atoms with van der Waals surface area (Å²) in [5.41, 5.74) is 0.781. The molecular weight excluding hydrogens is 254 g/mol. The molecule has 1 aromatic carbocycles. The van der Waals surface area contributed by atoms with Gasteiger partial charge in [-0.05, 0) is 31.2 Å². The van der Waals surface area contributed by atoms with Crippen LogP contribution >= 0.6 is 11.6 Å². The Morgan fingerprint density at radius 1 is 1.33 bits per heavy atom. The normalized spacial score (nSPS) is 11.0. The highest BCUT2D eigenvalue weighted by atomic mass is 35.5. The van der Waals surface area contributed by atoms with Gasteiger partial charge in [-0.3, -0.25) is 4.79 Å². The molecule has 3 aromatic rings. The third-order valence-corrected chi connectivity index (χ3v) is 2.80. The zero-order valence-electron chi connectivity index (χ0n) is 9.40. The Morgan fingerprint density at radius 3 is 2.89 bits per heavy atom. The lowest BCUT2D eigenvalue weighted by atomic mass is 10.1. The van der Waals surface area contributed by atoms with E-state index in [1.807, 2.05) is 0 Å². The number of aryl methyl sites for hydroxylation is 1. The first-order chi connectivity index (χ1) is 8.63. The maximum absolute atomic E-state index is 11.9. The molecule has 0 unspecified atom stereocenters. The molecule has 18 heavy (non-hydrogen) atoms. The summed E-state index contributed by atoms with van der Waals surface area (Å²) >= 11 is 5.92. The Labute approximate surface area is 106 Å². The summed E-state index contributed by atoms with van der Waals surface area (Å²) in [6.07, 6.45) is 0. The maximum atomic E-state index is 11.9. The first-order valence-corrected chi connectivity index (χ1v) is 5.64. The van der Waals surface area contributed by atoms with Crippen molar-refractivity contribution < 1.29 is 4.52 Å². The largest absolute Gasteiger partial charge is 0.334 e. The van der Waals surface area contributed by atoms with E-state index in [1.165, 1.54) is 0 Å². The minimum atomic E-state index is -0.270. The van der Waals surface area contributed by atoms with Gasteiger partial charge in [0.15, 0.2) is 5.82 Å². The standard InChI is InChI=1S/C12H8ClN3O2/c1-6-14-12(18-16-6)9-5-7-4-8(13)2-3-10(7)15-11(9)17/h2-5H,1H3,(H,15,17). The van der Waals surface area contributed by atoms with E-state index in [1.54, 1.807) is 31.2 Å². The van der Waals surface area contributed by atoms with E-state index in [2.05, 4.69) is 15.1 Å². The summed E-state index contributed by atoms with van der Waals surface area (Å²) < 4.78 is 5.00. The van der Waals surface area contributed by atoms with Crippen LogP contribution < -0.4 is 5.56 Å². The molecule has 2 heterocycles. The second-order valence-electron chi connectivity index (χ2n) is 3.89. The van der Waals surface area contributed by atoms with Crippen LogP contribution in [-0.4, -0.2) is 15.1 Å². The molecule has 0 atom stereocenters. The van der Waals surface area contributed by atoms with E-state index in [-0.39, 0.29) is 11.4 Å². The van der Waals surface area contributed by atoms with E-state index >= 15 is 0 Å². The second kappa shape index (κ2) is 3.96. The van der Waals surface area contributed by atoms with Gasteiger partial charge in [0.2, 0.25) is 0 Å². The number of hydrogen-bond acceptors (Lipinski definition) is 4.